The third-order valence-electron chi connectivity index (χ3n) is 4.07. The Morgan fingerprint density at radius 1 is 1.29 bits per heavy atom. The Bertz CT molecular complexity index is 628. The van der Waals surface area contributed by atoms with E-state index in [0.717, 1.165) is 29.6 Å². The van der Waals surface area contributed by atoms with Crippen LogP contribution in [0.3, 0.4) is 0 Å². The van der Waals surface area contributed by atoms with Gasteiger partial charge in [0.25, 0.3) is 0 Å². The lowest BCUT2D eigenvalue weighted by atomic mass is 10.0. The van der Waals surface area contributed by atoms with E-state index >= 15 is 0 Å². The minimum Gasteiger partial charge on any atom is -0.372 e. The molecule has 0 unspecified atom stereocenters. The maximum Gasteiger partial charge on any atom is 0.229 e. The van der Waals surface area contributed by atoms with E-state index in [4.69, 9.17) is 9.26 Å². The van der Waals surface area contributed by atoms with E-state index in [1.807, 2.05) is 13.8 Å². The number of anilines is 1. The lowest BCUT2D eigenvalue weighted by molar-refractivity contribution is 0.0456. The summed E-state index contributed by atoms with van der Waals surface area (Å²) >= 11 is 1.64. The average Bonchev–Trinajstić information content (AvgIpc) is 3.14. The molecule has 2 aromatic rings. The van der Waals surface area contributed by atoms with Crippen molar-refractivity contribution in [3.05, 3.63) is 16.7 Å². The van der Waals surface area contributed by atoms with Crippen molar-refractivity contribution in [1.82, 2.24) is 20.3 Å². The van der Waals surface area contributed by atoms with Gasteiger partial charge in [-0.1, -0.05) is 16.5 Å². The predicted molar refractivity (Wildman–Crippen MR) is 76.4 cm³/mol. The monoisotopic (exact) mass is 307 g/mol. The van der Waals surface area contributed by atoms with Crippen LogP contribution in [0, 0.1) is 19.8 Å². The summed E-state index contributed by atoms with van der Waals surface area (Å²) in [5.74, 6) is 1.92. The largest absolute Gasteiger partial charge is 0.372 e. The van der Waals surface area contributed by atoms with Crippen LogP contribution < -0.4 is 4.90 Å². The number of rotatable bonds is 3. The molecule has 8 heteroatoms. The summed E-state index contributed by atoms with van der Waals surface area (Å²) in [5.41, 5.74) is 0. The standard InChI is InChI=1S/C13H17N5O2S/c1-7-14-12(20-17-7)4-10-3-9-5-18(6-11(9)19-10)13-16-15-8(2)21-13/h9-11H,3-6H2,1-2H3/t9-,10-,11+/m0/s1. The second-order valence-electron chi connectivity index (χ2n) is 5.74. The quantitative estimate of drug-likeness (QED) is 0.847. The SMILES string of the molecule is Cc1noc(C[C@@H]2C[C@H]3CN(c4nnc(C)s4)C[C@H]3O2)n1. The fourth-order valence-electron chi connectivity index (χ4n) is 3.18. The zero-order valence-corrected chi connectivity index (χ0v) is 12.8. The van der Waals surface area contributed by atoms with Gasteiger partial charge in [-0.15, -0.1) is 10.2 Å². The van der Waals surface area contributed by atoms with Crippen molar-refractivity contribution in [2.24, 2.45) is 5.92 Å². The number of hydrogen-bond acceptors (Lipinski definition) is 8. The molecule has 2 fully saturated rings. The van der Waals surface area contributed by atoms with Gasteiger partial charge in [-0.3, -0.25) is 0 Å². The Balaban J connectivity index is 1.37. The second kappa shape index (κ2) is 5.03. The number of ether oxygens (including phenoxy) is 1. The van der Waals surface area contributed by atoms with Gasteiger partial charge < -0.3 is 14.2 Å². The van der Waals surface area contributed by atoms with Crippen LogP contribution in [0.5, 0.6) is 0 Å². The molecule has 0 aromatic carbocycles. The van der Waals surface area contributed by atoms with Gasteiger partial charge in [-0.25, -0.2) is 0 Å². The minimum absolute atomic E-state index is 0.193. The molecule has 0 spiro atoms. The minimum atomic E-state index is 0.193. The molecule has 112 valence electrons. The lowest BCUT2D eigenvalue weighted by Gasteiger charge is -2.17. The van der Waals surface area contributed by atoms with Crippen molar-refractivity contribution in [1.29, 1.82) is 0 Å². The van der Waals surface area contributed by atoms with Gasteiger partial charge in [0.15, 0.2) is 5.82 Å². The van der Waals surface area contributed by atoms with Gasteiger partial charge >= 0.3 is 0 Å². The van der Waals surface area contributed by atoms with Gasteiger partial charge in [0, 0.05) is 19.0 Å². The van der Waals surface area contributed by atoms with Crippen molar-refractivity contribution in [3.63, 3.8) is 0 Å². The number of fused-ring (bicyclic) bond motifs is 1. The Labute approximate surface area is 126 Å². The van der Waals surface area contributed by atoms with Crippen molar-refractivity contribution in [2.75, 3.05) is 18.0 Å². The molecule has 7 nitrogen and oxygen atoms in total. The first-order valence-corrected chi connectivity index (χ1v) is 7.99. The van der Waals surface area contributed by atoms with Crippen LogP contribution in [-0.2, 0) is 11.2 Å². The predicted octanol–water partition coefficient (Wildman–Crippen LogP) is 1.37. The zero-order chi connectivity index (χ0) is 14.4. The normalized spacial score (nSPS) is 28.3. The van der Waals surface area contributed by atoms with E-state index in [2.05, 4.69) is 25.2 Å². The fourth-order valence-corrected chi connectivity index (χ4v) is 3.89. The number of hydrogen-bond donors (Lipinski definition) is 0. The summed E-state index contributed by atoms with van der Waals surface area (Å²) in [5, 5.41) is 14.1. The van der Waals surface area contributed by atoms with Crippen LogP contribution in [0.15, 0.2) is 4.52 Å². The van der Waals surface area contributed by atoms with Crippen LogP contribution in [-0.4, -0.2) is 45.6 Å². The van der Waals surface area contributed by atoms with E-state index in [1.54, 1.807) is 11.3 Å². The van der Waals surface area contributed by atoms with Crippen LogP contribution >= 0.6 is 11.3 Å². The van der Waals surface area contributed by atoms with E-state index in [-0.39, 0.29) is 12.2 Å². The molecule has 0 bridgehead atoms. The summed E-state index contributed by atoms with van der Waals surface area (Å²) < 4.78 is 11.3. The molecule has 4 rings (SSSR count). The first-order chi connectivity index (χ1) is 10.2. The highest BCUT2D eigenvalue weighted by Gasteiger charge is 2.43. The molecular formula is C13H17N5O2S. The molecule has 0 N–H and O–H groups in total. The first kappa shape index (κ1) is 13.1. The summed E-state index contributed by atoms with van der Waals surface area (Å²) in [7, 11) is 0. The summed E-state index contributed by atoms with van der Waals surface area (Å²) in [6.07, 6.45) is 2.23. The molecule has 0 saturated carbocycles. The summed E-state index contributed by atoms with van der Waals surface area (Å²) in [6, 6.07) is 0. The maximum absolute atomic E-state index is 6.14. The summed E-state index contributed by atoms with van der Waals surface area (Å²) in [4.78, 5) is 6.53. The average molecular weight is 307 g/mol. The van der Waals surface area contributed by atoms with Gasteiger partial charge in [-0.05, 0) is 20.3 Å². The van der Waals surface area contributed by atoms with Crippen LogP contribution in [0.25, 0.3) is 0 Å². The highest BCUT2D eigenvalue weighted by atomic mass is 32.1. The molecule has 2 aromatic heterocycles. The number of aromatic nitrogens is 4. The Hall–Kier alpha value is -1.54. The van der Waals surface area contributed by atoms with Gasteiger partial charge in [0.2, 0.25) is 11.0 Å². The van der Waals surface area contributed by atoms with Crippen molar-refractivity contribution in [3.8, 4) is 0 Å². The zero-order valence-electron chi connectivity index (χ0n) is 12.0. The highest BCUT2D eigenvalue weighted by molar-refractivity contribution is 7.15. The smallest absolute Gasteiger partial charge is 0.229 e. The first-order valence-electron chi connectivity index (χ1n) is 7.17. The van der Waals surface area contributed by atoms with E-state index in [1.165, 1.54) is 0 Å². The van der Waals surface area contributed by atoms with Crippen molar-refractivity contribution >= 4 is 16.5 Å². The van der Waals surface area contributed by atoms with Gasteiger partial charge in [0.05, 0.1) is 18.6 Å². The van der Waals surface area contributed by atoms with Gasteiger partial charge in [0.1, 0.15) is 5.01 Å². The second-order valence-corrected chi connectivity index (χ2v) is 6.90. The molecule has 2 aliphatic heterocycles. The molecule has 0 aliphatic carbocycles. The molecule has 0 amide bonds. The van der Waals surface area contributed by atoms with Crippen molar-refractivity contribution in [2.45, 2.75) is 38.9 Å². The molecule has 2 saturated heterocycles. The maximum atomic E-state index is 6.14. The molecular weight excluding hydrogens is 290 g/mol. The third kappa shape index (κ3) is 2.53. The molecule has 0 radical (unpaired) electrons. The molecule has 3 atom stereocenters. The molecule has 4 heterocycles. The lowest BCUT2D eigenvalue weighted by Crippen LogP contribution is -2.25. The van der Waals surface area contributed by atoms with E-state index in [9.17, 15) is 0 Å². The van der Waals surface area contributed by atoms with E-state index in [0.29, 0.717) is 24.1 Å². The summed E-state index contributed by atoms with van der Waals surface area (Å²) in [6.45, 7) is 5.72. The molecule has 21 heavy (non-hydrogen) atoms. The van der Waals surface area contributed by atoms with Gasteiger partial charge in [-0.2, -0.15) is 4.98 Å². The van der Waals surface area contributed by atoms with E-state index < -0.39 is 0 Å². The number of aryl methyl sites for hydroxylation is 2. The Morgan fingerprint density at radius 3 is 2.86 bits per heavy atom. The third-order valence-corrected chi connectivity index (χ3v) is 4.97. The topological polar surface area (TPSA) is 77.2 Å². The fraction of sp³-hybridized carbons (Fsp3) is 0.692. The Kier molecular flexibility index (Phi) is 3.15. The van der Waals surface area contributed by atoms with Crippen LogP contribution in [0.4, 0.5) is 5.13 Å². The molecule has 2 aliphatic rings. The van der Waals surface area contributed by atoms with Crippen LogP contribution in [0.1, 0.15) is 23.1 Å². The Morgan fingerprint density at radius 2 is 2.19 bits per heavy atom. The van der Waals surface area contributed by atoms with Crippen molar-refractivity contribution < 1.29 is 9.26 Å². The highest BCUT2D eigenvalue weighted by Crippen LogP contribution is 2.36. The number of nitrogens with zero attached hydrogens (tertiary/aromatic N) is 5. The van der Waals surface area contributed by atoms with Crippen LogP contribution in [0.2, 0.25) is 0 Å².